The SMILES string of the molecule is CCC(CC)NCC(C)OCCCOC. The molecule has 0 saturated heterocycles. The van der Waals surface area contributed by atoms with Gasteiger partial charge in [-0.15, -0.1) is 0 Å². The van der Waals surface area contributed by atoms with Crippen molar-refractivity contribution < 1.29 is 9.47 Å². The number of ether oxygens (including phenoxy) is 2. The molecule has 3 heteroatoms. The van der Waals surface area contributed by atoms with E-state index in [1.807, 2.05) is 0 Å². The van der Waals surface area contributed by atoms with Gasteiger partial charge >= 0.3 is 0 Å². The lowest BCUT2D eigenvalue weighted by molar-refractivity contribution is 0.0487. The first-order valence-electron chi connectivity index (χ1n) is 6.08. The third-order valence-electron chi connectivity index (χ3n) is 2.57. The van der Waals surface area contributed by atoms with Crippen molar-refractivity contribution in [2.45, 2.75) is 52.2 Å². The highest BCUT2D eigenvalue weighted by Gasteiger charge is 2.06. The third-order valence-corrected chi connectivity index (χ3v) is 2.57. The van der Waals surface area contributed by atoms with Crippen LogP contribution in [0.1, 0.15) is 40.0 Å². The summed E-state index contributed by atoms with van der Waals surface area (Å²) in [7, 11) is 1.72. The van der Waals surface area contributed by atoms with Gasteiger partial charge in [0, 0.05) is 32.9 Å². The molecule has 15 heavy (non-hydrogen) atoms. The molecule has 0 rings (SSSR count). The molecular formula is C12H27NO2. The molecule has 0 heterocycles. The molecule has 1 atom stereocenters. The van der Waals surface area contributed by atoms with E-state index in [2.05, 4.69) is 26.1 Å². The maximum atomic E-state index is 5.64. The van der Waals surface area contributed by atoms with Gasteiger partial charge in [0.2, 0.25) is 0 Å². The van der Waals surface area contributed by atoms with Crippen molar-refractivity contribution in [1.82, 2.24) is 5.32 Å². The van der Waals surface area contributed by atoms with E-state index < -0.39 is 0 Å². The predicted octanol–water partition coefficient (Wildman–Crippen LogP) is 2.21. The minimum Gasteiger partial charge on any atom is -0.385 e. The van der Waals surface area contributed by atoms with Crippen LogP contribution in [0.3, 0.4) is 0 Å². The Morgan fingerprint density at radius 3 is 2.33 bits per heavy atom. The smallest absolute Gasteiger partial charge is 0.0671 e. The first-order chi connectivity index (χ1) is 7.24. The third kappa shape index (κ3) is 8.85. The molecule has 0 radical (unpaired) electrons. The molecule has 0 saturated carbocycles. The summed E-state index contributed by atoms with van der Waals surface area (Å²) in [6.45, 7) is 9.06. The summed E-state index contributed by atoms with van der Waals surface area (Å²) < 4.78 is 10.6. The summed E-state index contributed by atoms with van der Waals surface area (Å²) >= 11 is 0. The quantitative estimate of drug-likeness (QED) is 0.569. The lowest BCUT2D eigenvalue weighted by atomic mass is 10.1. The van der Waals surface area contributed by atoms with Crippen LogP contribution in [0.4, 0.5) is 0 Å². The van der Waals surface area contributed by atoms with Crippen LogP contribution >= 0.6 is 0 Å². The van der Waals surface area contributed by atoms with Crippen LogP contribution in [-0.2, 0) is 9.47 Å². The van der Waals surface area contributed by atoms with Gasteiger partial charge in [0.15, 0.2) is 0 Å². The van der Waals surface area contributed by atoms with Crippen molar-refractivity contribution in [3.63, 3.8) is 0 Å². The van der Waals surface area contributed by atoms with E-state index in [-0.39, 0.29) is 0 Å². The Hall–Kier alpha value is -0.120. The van der Waals surface area contributed by atoms with Crippen LogP contribution in [0.25, 0.3) is 0 Å². The first-order valence-corrected chi connectivity index (χ1v) is 6.08. The molecule has 1 unspecified atom stereocenters. The van der Waals surface area contributed by atoms with Gasteiger partial charge in [-0.25, -0.2) is 0 Å². The Bertz CT molecular complexity index is 127. The van der Waals surface area contributed by atoms with Crippen LogP contribution in [0.15, 0.2) is 0 Å². The van der Waals surface area contributed by atoms with Crippen molar-refractivity contribution in [1.29, 1.82) is 0 Å². The van der Waals surface area contributed by atoms with E-state index >= 15 is 0 Å². The summed E-state index contributed by atoms with van der Waals surface area (Å²) in [6.07, 6.45) is 3.65. The van der Waals surface area contributed by atoms with E-state index in [0.717, 1.165) is 26.2 Å². The van der Waals surface area contributed by atoms with Gasteiger partial charge in [0.1, 0.15) is 0 Å². The van der Waals surface area contributed by atoms with Gasteiger partial charge in [-0.1, -0.05) is 13.8 Å². The highest BCUT2D eigenvalue weighted by molar-refractivity contribution is 4.64. The van der Waals surface area contributed by atoms with Gasteiger partial charge < -0.3 is 14.8 Å². The maximum absolute atomic E-state index is 5.64. The lowest BCUT2D eigenvalue weighted by Gasteiger charge is -2.19. The number of hydrogen-bond donors (Lipinski definition) is 1. The van der Waals surface area contributed by atoms with Gasteiger partial charge in [-0.05, 0) is 26.2 Å². The van der Waals surface area contributed by atoms with Gasteiger partial charge in [-0.2, -0.15) is 0 Å². The zero-order chi connectivity index (χ0) is 11.5. The zero-order valence-corrected chi connectivity index (χ0v) is 10.7. The average molecular weight is 217 g/mol. The van der Waals surface area contributed by atoms with E-state index in [1.54, 1.807) is 7.11 Å². The van der Waals surface area contributed by atoms with Crippen LogP contribution in [0, 0.1) is 0 Å². The summed E-state index contributed by atoms with van der Waals surface area (Å²) in [6, 6.07) is 0.634. The van der Waals surface area contributed by atoms with E-state index in [9.17, 15) is 0 Å². The molecular weight excluding hydrogens is 190 g/mol. The molecule has 0 aromatic rings. The summed E-state index contributed by atoms with van der Waals surface area (Å²) in [4.78, 5) is 0. The molecule has 0 aliphatic rings. The lowest BCUT2D eigenvalue weighted by Crippen LogP contribution is -2.35. The second-order valence-corrected chi connectivity index (χ2v) is 3.95. The fourth-order valence-corrected chi connectivity index (χ4v) is 1.46. The minimum atomic E-state index is 0.294. The molecule has 0 fully saturated rings. The van der Waals surface area contributed by atoms with Crippen LogP contribution in [-0.4, -0.2) is 39.0 Å². The Balaban J connectivity index is 3.35. The molecule has 0 aliphatic heterocycles. The van der Waals surface area contributed by atoms with Crippen molar-refractivity contribution in [3.8, 4) is 0 Å². The first kappa shape index (κ1) is 14.9. The topological polar surface area (TPSA) is 30.5 Å². The second kappa shape index (κ2) is 10.4. The van der Waals surface area contributed by atoms with E-state index in [1.165, 1.54) is 12.8 Å². The molecule has 0 amide bonds. The second-order valence-electron chi connectivity index (χ2n) is 3.95. The molecule has 0 aromatic carbocycles. The summed E-state index contributed by atoms with van der Waals surface area (Å²) in [5.41, 5.74) is 0. The number of hydrogen-bond acceptors (Lipinski definition) is 3. The average Bonchev–Trinajstić information content (AvgIpc) is 2.26. The largest absolute Gasteiger partial charge is 0.385 e. The molecule has 0 aliphatic carbocycles. The van der Waals surface area contributed by atoms with Gasteiger partial charge in [0.25, 0.3) is 0 Å². The molecule has 1 N–H and O–H groups in total. The standard InChI is InChI=1S/C12H27NO2/c1-5-12(6-2)13-10-11(3)15-9-7-8-14-4/h11-13H,5-10H2,1-4H3. The Morgan fingerprint density at radius 2 is 1.80 bits per heavy atom. The van der Waals surface area contributed by atoms with Crippen LogP contribution in [0.2, 0.25) is 0 Å². The van der Waals surface area contributed by atoms with Crippen LogP contribution in [0.5, 0.6) is 0 Å². The molecule has 3 nitrogen and oxygen atoms in total. The molecule has 92 valence electrons. The number of methoxy groups -OCH3 is 1. The Labute approximate surface area is 94.5 Å². The van der Waals surface area contributed by atoms with E-state index in [0.29, 0.717) is 12.1 Å². The molecule has 0 bridgehead atoms. The predicted molar refractivity (Wildman–Crippen MR) is 64.3 cm³/mol. The molecule has 0 spiro atoms. The van der Waals surface area contributed by atoms with Crippen molar-refractivity contribution in [3.05, 3.63) is 0 Å². The van der Waals surface area contributed by atoms with Crippen molar-refractivity contribution in [2.75, 3.05) is 26.9 Å². The normalized spacial score (nSPS) is 13.4. The Morgan fingerprint density at radius 1 is 1.13 bits per heavy atom. The monoisotopic (exact) mass is 217 g/mol. The van der Waals surface area contributed by atoms with Gasteiger partial charge in [0.05, 0.1) is 6.10 Å². The summed E-state index contributed by atoms with van der Waals surface area (Å²) in [5, 5.41) is 3.50. The fourth-order valence-electron chi connectivity index (χ4n) is 1.46. The fraction of sp³-hybridized carbons (Fsp3) is 1.00. The molecule has 0 aromatic heterocycles. The maximum Gasteiger partial charge on any atom is 0.0671 e. The number of nitrogens with one attached hydrogen (secondary N) is 1. The summed E-state index contributed by atoms with van der Waals surface area (Å²) in [5.74, 6) is 0. The Kier molecular flexibility index (Phi) is 10.3. The van der Waals surface area contributed by atoms with Crippen molar-refractivity contribution >= 4 is 0 Å². The number of rotatable bonds is 10. The highest BCUT2D eigenvalue weighted by Crippen LogP contribution is 1.98. The minimum absolute atomic E-state index is 0.294. The van der Waals surface area contributed by atoms with Gasteiger partial charge in [-0.3, -0.25) is 0 Å². The highest BCUT2D eigenvalue weighted by atomic mass is 16.5. The van der Waals surface area contributed by atoms with E-state index in [4.69, 9.17) is 9.47 Å². The van der Waals surface area contributed by atoms with Crippen molar-refractivity contribution in [2.24, 2.45) is 0 Å². The zero-order valence-electron chi connectivity index (χ0n) is 10.7. The van der Waals surface area contributed by atoms with Crippen LogP contribution < -0.4 is 5.32 Å².